The van der Waals surface area contributed by atoms with E-state index in [9.17, 15) is 0 Å². The molecule has 0 spiro atoms. The molecule has 6 aromatic carbocycles. The summed E-state index contributed by atoms with van der Waals surface area (Å²) in [6, 6.07) is 48.6. The smallest absolute Gasteiger partial charge is 0.138 e. The molecule has 1 aliphatic rings. The molecule has 0 amide bonds. The van der Waals surface area contributed by atoms with Gasteiger partial charge in [0.15, 0.2) is 0 Å². The molecule has 0 N–H and O–H groups in total. The quantitative estimate of drug-likeness (QED) is 0.215. The standard InChI is InChI=1S/C40H28N2/c1-40(2)33-19-11-15-26-14-10-18-29(39(26)33)31-22-32-28-17-7-9-21-36(28)42(37(32)24-34(31)40)38-23-30(25-12-4-3-5-13-25)27-16-6-8-20-35(27)41-38/h3-24H,1-2H3. The van der Waals surface area contributed by atoms with Crippen molar-refractivity contribution in [3.8, 4) is 28.1 Å². The van der Waals surface area contributed by atoms with Crippen LogP contribution in [0.2, 0.25) is 0 Å². The molecule has 0 bridgehead atoms. The highest BCUT2D eigenvalue weighted by Gasteiger charge is 2.34. The Morgan fingerprint density at radius 2 is 1.26 bits per heavy atom. The molecular weight excluding hydrogens is 508 g/mol. The van der Waals surface area contributed by atoms with Crippen molar-refractivity contribution in [3.63, 3.8) is 0 Å². The van der Waals surface area contributed by atoms with Crippen LogP contribution in [0.3, 0.4) is 0 Å². The summed E-state index contributed by atoms with van der Waals surface area (Å²) in [7, 11) is 0. The second-order valence-corrected chi connectivity index (χ2v) is 12.0. The second kappa shape index (κ2) is 8.41. The molecule has 2 heteroatoms. The number of nitrogens with zero attached hydrogens (tertiary/aromatic N) is 2. The third kappa shape index (κ3) is 3.12. The summed E-state index contributed by atoms with van der Waals surface area (Å²) < 4.78 is 2.38. The van der Waals surface area contributed by atoms with Gasteiger partial charge >= 0.3 is 0 Å². The van der Waals surface area contributed by atoms with E-state index in [0.717, 1.165) is 16.7 Å². The van der Waals surface area contributed by atoms with Crippen LogP contribution in [-0.4, -0.2) is 9.55 Å². The summed E-state index contributed by atoms with van der Waals surface area (Å²) in [6.07, 6.45) is 0. The van der Waals surface area contributed by atoms with Crippen LogP contribution in [0.5, 0.6) is 0 Å². The summed E-state index contributed by atoms with van der Waals surface area (Å²) in [6.45, 7) is 4.74. The number of benzene rings is 6. The van der Waals surface area contributed by atoms with Gasteiger partial charge in [0, 0.05) is 21.6 Å². The Bertz CT molecular complexity index is 2370. The lowest BCUT2D eigenvalue weighted by Gasteiger charge is -2.35. The average Bonchev–Trinajstić information content (AvgIpc) is 3.36. The van der Waals surface area contributed by atoms with Crippen molar-refractivity contribution in [3.05, 3.63) is 145 Å². The Labute approximate surface area is 244 Å². The summed E-state index contributed by atoms with van der Waals surface area (Å²) in [5.74, 6) is 0.940. The van der Waals surface area contributed by atoms with E-state index in [1.165, 1.54) is 66.0 Å². The normalized spacial score (nSPS) is 13.7. The third-order valence-electron chi connectivity index (χ3n) is 9.37. The zero-order valence-electron chi connectivity index (χ0n) is 23.6. The monoisotopic (exact) mass is 536 g/mol. The van der Waals surface area contributed by atoms with Gasteiger partial charge in [-0.2, -0.15) is 0 Å². The maximum Gasteiger partial charge on any atom is 0.138 e. The number of fused-ring (bicyclic) bond motifs is 6. The molecule has 0 unspecified atom stereocenters. The van der Waals surface area contributed by atoms with Gasteiger partial charge in [0.2, 0.25) is 0 Å². The average molecular weight is 537 g/mol. The Balaban J connectivity index is 1.41. The van der Waals surface area contributed by atoms with Gasteiger partial charge < -0.3 is 0 Å². The Morgan fingerprint density at radius 1 is 0.524 bits per heavy atom. The van der Waals surface area contributed by atoms with Gasteiger partial charge in [-0.25, -0.2) is 4.98 Å². The molecule has 0 saturated heterocycles. The van der Waals surface area contributed by atoms with Crippen molar-refractivity contribution in [2.75, 3.05) is 0 Å². The van der Waals surface area contributed by atoms with Crippen molar-refractivity contribution in [1.82, 2.24) is 9.55 Å². The summed E-state index contributed by atoms with van der Waals surface area (Å²) in [5, 5.41) is 6.35. The largest absolute Gasteiger partial charge is 0.294 e. The van der Waals surface area contributed by atoms with Gasteiger partial charge in [0.1, 0.15) is 5.82 Å². The predicted molar refractivity (Wildman–Crippen MR) is 177 cm³/mol. The number of hydrogen-bond donors (Lipinski definition) is 0. The first-order chi connectivity index (χ1) is 20.6. The molecular formula is C40H28N2. The number of aromatic nitrogens is 2. The summed E-state index contributed by atoms with van der Waals surface area (Å²) >= 11 is 0. The van der Waals surface area contributed by atoms with Crippen LogP contribution in [0.4, 0.5) is 0 Å². The van der Waals surface area contributed by atoms with Crippen LogP contribution in [0.25, 0.3) is 71.6 Å². The summed E-state index contributed by atoms with van der Waals surface area (Å²) in [5.41, 5.74) is 11.0. The number of pyridine rings is 1. The molecule has 1 aliphatic carbocycles. The minimum Gasteiger partial charge on any atom is -0.294 e. The van der Waals surface area contributed by atoms with E-state index < -0.39 is 0 Å². The molecule has 0 fully saturated rings. The minimum absolute atomic E-state index is 0.148. The van der Waals surface area contributed by atoms with E-state index >= 15 is 0 Å². The topological polar surface area (TPSA) is 17.8 Å². The van der Waals surface area contributed by atoms with Gasteiger partial charge in [-0.3, -0.25) is 4.57 Å². The van der Waals surface area contributed by atoms with E-state index in [4.69, 9.17) is 4.98 Å². The Morgan fingerprint density at radius 3 is 2.12 bits per heavy atom. The highest BCUT2D eigenvalue weighted by Crippen LogP contribution is 2.50. The first-order valence-electron chi connectivity index (χ1n) is 14.7. The molecule has 0 atom stereocenters. The first-order valence-corrected chi connectivity index (χ1v) is 14.7. The molecule has 0 radical (unpaired) electrons. The van der Waals surface area contributed by atoms with Crippen LogP contribution < -0.4 is 0 Å². The fourth-order valence-electron chi connectivity index (χ4n) is 7.37. The van der Waals surface area contributed by atoms with E-state index in [2.05, 4.69) is 152 Å². The van der Waals surface area contributed by atoms with Gasteiger partial charge in [0.25, 0.3) is 0 Å². The molecule has 2 aromatic heterocycles. The lowest BCUT2D eigenvalue weighted by atomic mass is 9.68. The highest BCUT2D eigenvalue weighted by atomic mass is 15.1. The van der Waals surface area contributed by atoms with Crippen LogP contribution in [0, 0.1) is 0 Å². The molecule has 42 heavy (non-hydrogen) atoms. The van der Waals surface area contributed by atoms with Crippen LogP contribution in [-0.2, 0) is 5.41 Å². The maximum absolute atomic E-state index is 5.28. The number of rotatable bonds is 2. The minimum atomic E-state index is -0.148. The van der Waals surface area contributed by atoms with Gasteiger partial charge in [-0.1, -0.05) is 117 Å². The Hall–Kier alpha value is -5.21. The van der Waals surface area contributed by atoms with Crippen LogP contribution in [0.1, 0.15) is 25.0 Å². The van der Waals surface area contributed by atoms with Crippen LogP contribution >= 0.6 is 0 Å². The van der Waals surface area contributed by atoms with Crippen molar-refractivity contribution in [2.45, 2.75) is 19.3 Å². The predicted octanol–water partition coefficient (Wildman–Crippen LogP) is 10.5. The summed E-state index contributed by atoms with van der Waals surface area (Å²) in [4.78, 5) is 5.28. The first kappa shape index (κ1) is 23.5. The van der Waals surface area contributed by atoms with Gasteiger partial charge in [-0.05, 0) is 74.5 Å². The molecule has 0 saturated carbocycles. The van der Waals surface area contributed by atoms with E-state index in [0.29, 0.717) is 0 Å². The third-order valence-corrected chi connectivity index (χ3v) is 9.37. The molecule has 2 heterocycles. The molecule has 0 aliphatic heterocycles. The van der Waals surface area contributed by atoms with E-state index in [-0.39, 0.29) is 5.41 Å². The van der Waals surface area contributed by atoms with Crippen molar-refractivity contribution in [2.24, 2.45) is 0 Å². The molecule has 2 nitrogen and oxygen atoms in total. The fourth-order valence-corrected chi connectivity index (χ4v) is 7.37. The van der Waals surface area contributed by atoms with Crippen LogP contribution in [0.15, 0.2) is 133 Å². The zero-order chi connectivity index (χ0) is 28.0. The lowest BCUT2D eigenvalue weighted by Crippen LogP contribution is -2.23. The molecule has 198 valence electrons. The zero-order valence-corrected chi connectivity index (χ0v) is 23.6. The van der Waals surface area contributed by atoms with Crippen molar-refractivity contribution < 1.29 is 0 Å². The van der Waals surface area contributed by atoms with E-state index in [1.807, 2.05) is 0 Å². The number of hydrogen-bond acceptors (Lipinski definition) is 1. The highest BCUT2D eigenvalue weighted by molar-refractivity contribution is 6.13. The molecule has 9 rings (SSSR count). The second-order valence-electron chi connectivity index (χ2n) is 12.0. The lowest BCUT2D eigenvalue weighted by molar-refractivity contribution is 0.646. The fraction of sp³-hybridized carbons (Fsp3) is 0.0750. The Kier molecular flexibility index (Phi) is 4.70. The molecule has 8 aromatic rings. The SMILES string of the molecule is CC1(C)c2cc3c(cc2-c2cccc4cccc1c24)c1ccccc1n3-c1cc(-c2ccccc2)c2ccccc2n1. The maximum atomic E-state index is 5.28. The van der Waals surface area contributed by atoms with Crippen molar-refractivity contribution in [1.29, 1.82) is 0 Å². The van der Waals surface area contributed by atoms with Crippen molar-refractivity contribution >= 4 is 43.5 Å². The number of para-hydroxylation sites is 2. The van der Waals surface area contributed by atoms with E-state index in [1.54, 1.807) is 0 Å². The van der Waals surface area contributed by atoms with Gasteiger partial charge in [-0.15, -0.1) is 0 Å². The van der Waals surface area contributed by atoms with Gasteiger partial charge in [0.05, 0.1) is 16.6 Å².